The Labute approximate surface area is 115 Å². The maximum atomic E-state index is 11.7. The van der Waals surface area contributed by atoms with E-state index in [1.54, 1.807) is 0 Å². The quantitative estimate of drug-likeness (QED) is 0.895. The Bertz CT molecular complexity index is 520. The molecule has 0 spiro atoms. The van der Waals surface area contributed by atoms with Crippen LogP contribution in [0.5, 0.6) is 0 Å². The molecule has 2 rings (SSSR count). The molecule has 1 fully saturated rings. The Hall–Kier alpha value is -0.880. The zero-order valence-corrected chi connectivity index (χ0v) is 12.7. The van der Waals surface area contributed by atoms with Gasteiger partial charge in [-0.3, -0.25) is 10.00 Å². The molecule has 1 atom stereocenters. The molecule has 0 radical (unpaired) electrons. The highest BCUT2D eigenvalue weighted by Crippen LogP contribution is 2.31. The molecule has 19 heavy (non-hydrogen) atoms. The van der Waals surface area contributed by atoms with Gasteiger partial charge in [-0.1, -0.05) is 13.8 Å². The van der Waals surface area contributed by atoms with Gasteiger partial charge in [0.1, 0.15) is 4.90 Å². The van der Waals surface area contributed by atoms with Gasteiger partial charge in [0.05, 0.1) is 11.9 Å². The van der Waals surface area contributed by atoms with Crippen molar-refractivity contribution in [2.75, 3.05) is 19.3 Å². The molecule has 2 heterocycles. The number of nitrogens with one attached hydrogen (secondary N) is 1. The van der Waals surface area contributed by atoms with Crippen LogP contribution >= 0.6 is 0 Å². The van der Waals surface area contributed by atoms with Crippen LogP contribution in [0.1, 0.15) is 44.7 Å². The van der Waals surface area contributed by atoms with Crippen molar-refractivity contribution in [3.63, 3.8) is 0 Å². The Morgan fingerprint density at radius 3 is 2.74 bits per heavy atom. The minimum absolute atomic E-state index is 0.257. The van der Waals surface area contributed by atoms with Crippen LogP contribution in [0.25, 0.3) is 0 Å². The molecule has 5 nitrogen and oxygen atoms in total. The van der Waals surface area contributed by atoms with Crippen LogP contribution in [0.2, 0.25) is 0 Å². The average Bonchev–Trinajstić information content (AvgIpc) is 2.97. The van der Waals surface area contributed by atoms with Crippen LogP contribution in [0.15, 0.2) is 11.1 Å². The first kappa shape index (κ1) is 14.5. The molecule has 1 aromatic heterocycles. The summed E-state index contributed by atoms with van der Waals surface area (Å²) in [5.74, 6) is 0.257. The lowest BCUT2D eigenvalue weighted by Crippen LogP contribution is -2.32. The molecule has 0 bridgehead atoms. The van der Waals surface area contributed by atoms with Crippen molar-refractivity contribution >= 4 is 9.84 Å². The predicted molar refractivity (Wildman–Crippen MR) is 75.0 cm³/mol. The molecule has 0 saturated carbocycles. The number of H-pyrrole nitrogens is 1. The Morgan fingerprint density at radius 2 is 2.16 bits per heavy atom. The molecule has 1 aromatic rings. The van der Waals surface area contributed by atoms with E-state index < -0.39 is 9.84 Å². The van der Waals surface area contributed by atoms with Crippen molar-refractivity contribution < 1.29 is 8.42 Å². The lowest BCUT2D eigenvalue weighted by Gasteiger charge is -2.25. The van der Waals surface area contributed by atoms with Crippen molar-refractivity contribution in [1.29, 1.82) is 0 Å². The summed E-state index contributed by atoms with van der Waals surface area (Å²) in [6.07, 6.45) is 5.97. The molecule has 1 N–H and O–H groups in total. The van der Waals surface area contributed by atoms with Crippen LogP contribution in [0.4, 0.5) is 0 Å². The molecule has 0 aliphatic carbocycles. The number of hydrogen-bond acceptors (Lipinski definition) is 4. The highest BCUT2D eigenvalue weighted by atomic mass is 32.2. The number of rotatable bonds is 5. The lowest BCUT2D eigenvalue weighted by atomic mass is 10.1. The summed E-state index contributed by atoms with van der Waals surface area (Å²) in [7, 11) is -3.19. The van der Waals surface area contributed by atoms with E-state index in [0.717, 1.165) is 38.0 Å². The fourth-order valence-corrected chi connectivity index (χ4v) is 3.89. The van der Waals surface area contributed by atoms with Gasteiger partial charge < -0.3 is 0 Å². The van der Waals surface area contributed by atoms with E-state index in [1.807, 2.05) is 0 Å². The largest absolute Gasteiger partial charge is 0.300 e. The van der Waals surface area contributed by atoms with E-state index in [4.69, 9.17) is 0 Å². The van der Waals surface area contributed by atoms with Crippen LogP contribution in [-0.4, -0.2) is 48.9 Å². The highest BCUT2D eigenvalue weighted by molar-refractivity contribution is 7.90. The maximum absolute atomic E-state index is 11.7. The fourth-order valence-electron chi connectivity index (χ4n) is 3.03. The summed E-state index contributed by atoms with van der Waals surface area (Å²) < 4.78 is 23.5. The number of nitrogens with zero attached hydrogens (tertiary/aromatic N) is 2. The molecule has 1 aliphatic heterocycles. The van der Waals surface area contributed by atoms with Gasteiger partial charge in [-0.15, -0.1) is 0 Å². The summed E-state index contributed by atoms with van der Waals surface area (Å²) in [5, 5.41) is 6.81. The summed E-state index contributed by atoms with van der Waals surface area (Å²) >= 11 is 0. The number of aromatic amines is 1. The van der Waals surface area contributed by atoms with Gasteiger partial charge in [0.25, 0.3) is 0 Å². The number of hydrogen-bond donors (Lipinski definition) is 1. The molecule has 1 saturated heterocycles. The second kappa shape index (κ2) is 5.63. The van der Waals surface area contributed by atoms with Crippen LogP contribution in [-0.2, 0) is 9.84 Å². The topological polar surface area (TPSA) is 66.1 Å². The first-order valence-corrected chi connectivity index (χ1v) is 8.83. The maximum Gasteiger partial charge on any atom is 0.178 e. The zero-order chi connectivity index (χ0) is 14.0. The van der Waals surface area contributed by atoms with E-state index in [2.05, 4.69) is 28.9 Å². The van der Waals surface area contributed by atoms with Crippen molar-refractivity contribution in [3.05, 3.63) is 11.9 Å². The second-order valence-corrected chi connectivity index (χ2v) is 7.36. The van der Waals surface area contributed by atoms with Gasteiger partial charge >= 0.3 is 0 Å². The number of aromatic nitrogens is 2. The van der Waals surface area contributed by atoms with Crippen LogP contribution in [0.3, 0.4) is 0 Å². The van der Waals surface area contributed by atoms with Crippen LogP contribution in [0, 0.1) is 0 Å². The molecule has 0 amide bonds. The molecular formula is C13H23N3O2S. The van der Waals surface area contributed by atoms with Gasteiger partial charge in [-0.05, 0) is 25.8 Å². The van der Waals surface area contributed by atoms with Crippen molar-refractivity contribution in [2.24, 2.45) is 0 Å². The number of likely N-dealkylation sites (tertiary alicyclic amines) is 1. The third-order valence-corrected chi connectivity index (χ3v) is 5.24. The molecule has 6 heteroatoms. The predicted octanol–water partition coefficient (Wildman–Crippen LogP) is 1.79. The minimum Gasteiger partial charge on any atom is -0.300 e. The summed E-state index contributed by atoms with van der Waals surface area (Å²) in [6, 6.07) is 0.606. The van der Waals surface area contributed by atoms with Gasteiger partial charge in [0, 0.05) is 24.8 Å². The third-order valence-electron chi connectivity index (χ3n) is 4.12. The van der Waals surface area contributed by atoms with Crippen LogP contribution < -0.4 is 0 Å². The summed E-state index contributed by atoms with van der Waals surface area (Å²) in [4.78, 5) is 2.83. The smallest absolute Gasteiger partial charge is 0.178 e. The average molecular weight is 285 g/mol. The fraction of sp³-hybridized carbons (Fsp3) is 0.769. The summed E-state index contributed by atoms with van der Waals surface area (Å²) in [6.45, 7) is 6.38. The Morgan fingerprint density at radius 1 is 1.47 bits per heavy atom. The van der Waals surface area contributed by atoms with Gasteiger partial charge in [0.15, 0.2) is 9.84 Å². The normalized spacial score (nSPS) is 21.4. The van der Waals surface area contributed by atoms with E-state index in [0.29, 0.717) is 10.9 Å². The van der Waals surface area contributed by atoms with Crippen molar-refractivity contribution in [2.45, 2.75) is 50.0 Å². The molecular weight excluding hydrogens is 262 g/mol. The second-order valence-electron chi connectivity index (χ2n) is 5.37. The standard InChI is InChI=1S/C13H23N3O2S/c1-4-11(5-2)16-7-6-10(9-16)13-12(8-14-15-13)19(3,17)18/h8,10-11H,4-7,9H2,1-3H3,(H,14,15). The zero-order valence-electron chi connectivity index (χ0n) is 11.9. The first-order chi connectivity index (χ1) is 8.97. The number of sulfone groups is 1. The van der Waals surface area contributed by atoms with E-state index in [-0.39, 0.29) is 5.92 Å². The van der Waals surface area contributed by atoms with Gasteiger partial charge in [-0.25, -0.2) is 8.42 Å². The van der Waals surface area contributed by atoms with Crippen molar-refractivity contribution in [3.8, 4) is 0 Å². The third kappa shape index (κ3) is 3.00. The van der Waals surface area contributed by atoms with E-state index in [9.17, 15) is 8.42 Å². The van der Waals surface area contributed by atoms with Gasteiger partial charge in [0.2, 0.25) is 0 Å². The SMILES string of the molecule is CCC(CC)N1CCC(c2[nH]ncc2S(C)(=O)=O)C1. The van der Waals surface area contributed by atoms with Gasteiger partial charge in [-0.2, -0.15) is 5.10 Å². The van der Waals surface area contributed by atoms with E-state index >= 15 is 0 Å². The van der Waals surface area contributed by atoms with E-state index in [1.165, 1.54) is 12.5 Å². The first-order valence-electron chi connectivity index (χ1n) is 6.94. The molecule has 108 valence electrons. The highest BCUT2D eigenvalue weighted by Gasteiger charge is 2.31. The monoisotopic (exact) mass is 285 g/mol. The molecule has 1 aliphatic rings. The Kier molecular flexibility index (Phi) is 4.30. The molecule has 1 unspecified atom stereocenters. The van der Waals surface area contributed by atoms with Crippen molar-refractivity contribution in [1.82, 2.24) is 15.1 Å². The summed E-state index contributed by atoms with van der Waals surface area (Å²) in [5.41, 5.74) is 0.788. The lowest BCUT2D eigenvalue weighted by molar-refractivity contribution is 0.227. The molecule has 0 aromatic carbocycles. The minimum atomic E-state index is -3.19. The Balaban J connectivity index is 2.16.